The summed E-state index contributed by atoms with van der Waals surface area (Å²) in [5, 5.41) is 4.33. The smallest absolute Gasteiger partial charge is 0.316 e. The highest BCUT2D eigenvalue weighted by molar-refractivity contribution is 5.99. The first kappa shape index (κ1) is 12.3. The molecule has 1 aromatic carbocycles. The number of pyridine rings is 1. The molecule has 0 saturated carbocycles. The lowest BCUT2D eigenvalue weighted by molar-refractivity contribution is 0.617. The van der Waals surface area contributed by atoms with E-state index in [-0.39, 0.29) is 0 Å². The Kier molecular flexibility index (Phi) is 3.41. The number of nitrogens with one attached hydrogen (secondary N) is 1. The van der Waals surface area contributed by atoms with Crippen LogP contribution in [-0.2, 0) is 0 Å². The highest BCUT2D eigenvalue weighted by atomic mass is 16.4. The maximum absolute atomic E-state index is 5.55. The van der Waals surface area contributed by atoms with Crippen LogP contribution in [0.3, 0.4) is 0 Å². The van der Waals surface area contributed by atoms with Crippen molar-refractivity contribution in [2.24, 2.45) is 5.10 Å². The number of benzene rings is 1. The van der Waals surface area contributed by atoms with Crippen molar-refractivity contribution in [2.45, 2.75) is 13.3 Å². The number of hydrogen-bond donors (Lipinski definition) is 1. The van der Waals surface area contributed by atoms with Gasteiger partial charge < -0.3 is 4.42 Å². The van der Waals surface area contributed by atoms with Gasteiger partial charge in [-0.2, -0.15) is 10.1 Å². The molecule has 0 bridgehead atoms. The molecule has 5 heteroatoms. The van der Waals surface area contributed by atoms with Crippen molar-refractivity contribution in [1.82, 2.24) is 9.97 Å². The molecular weight excluding hydrogens is 252 g/mol. The summed E-state index contributed by atoms with van der Waals surface area (Å²) in [6.07, 6.45) is 2.52. The second kappa shape index (κ2) is 5.52. The molecular formula is C15H14N4O. The van der Waals surface area contributed by atoms with Crippen LogP contribution in [0.4, 0.5) is 6.01 Å². The average Bonchev–Trinajstić information content (AvgIpc) is 2.92. The first-order valence-corrected chi connectivity index (χ1v) is 6.46. The highest BCUT2D eigenvalue weighted by Crippen LogP contribution is 2.18. The van der Waals surface area contributed by atoms with Crippen molar-refractivity contribution >= 4 is 22.8 Å². The molecule has 1 N–H and O–H groups in total. The van der Waals surface area contributed by atoms with Crippen LogP contribution >= 0.6 is 0 Å². The van der Waals surface area contributed by atoms with Gasteiger partial charge in [-0.15, -0.1) is 0 Å². The Labute approximate surface area is 116 Å². The number of hydrazone groups is 1. The number of para-hydroxylation sites is 2. The summed E-state index contributed by atoms with van der Waals surface area (Å²) in [6, 6.07) is 13.7. The minimum Gasteiger partial charge on any atom is -0.422 e. The normalized spacial score (nSPS) is 11.8. The van der Waals surface area contributed by atoms with E-state index in [9.17, 15) is 0 Å². The molecule has 0 unspecified atom stereocenters. The standard InChI is InChI=1S/C15H14N4O/c1-2-11(12-7-5-6-10-16-12)18-19-15-17-13-8-3-4-9-14(13)20-15/h3-10H,2H2,1H3,(H,17,19)/b18-11+. The van der Waals surface area contributed by atoms with E-state index in [1.54, 1.807) is 6.20 Å². The lowest BCUT2D eigenvalue weighted by Gasteiger charge is -2.02. The molecule has 100 valence electrons. The minimum absolute atomic E-state index is 0.382. The summed E-state index contributed by atoms with van der Waals surface area (Å²) in [4.78, 5) is 8.59. The lowest BCUT2D eigenvalue weighted by atomic mass is 10.2. The molecule has 0 spiro atoms. The molecule has 0 aliphatic carbocycles. The van der Waals surface area contributed by atoms with Gasteiger partial charge in [0, 0.05) is 6.20 Å². The third-order valence-electron chi connectivity index (χ3n) is 2.88. The van der Waals surface area contributed by atoms with Crippen LogP contribution in [0, 0.1) is 0 Å². The number of oxazole rings is 1. The first-order valence-electron chi connectivity index (χ1n) is 6.46. The SMILES string of the molecule is CC/C(=N\Nc1nc2ccccc2o1)c1ccccn1. The Bertz CT molecular complexity index is 701. The van der Waals surface area contributed by atoms with Crippen LogP contribution in [-0.4, -0.2) is 15.7 Å². The third-order valence-corrected chi connectivity index (χ3v) is 2.88. The molecule has 2 heterocycles. The van der Waals surface area contributed by atoms with E-state index in [2.05, 4.69) is 20.5 Å². The zero-order chi connectivity index (χ0) is 13.8. The minimum atomic E-state index is 0.382. The van der Waals surface area contributed by atoms with Crippen molar-refractivity contribution < 1.29 is 4.42 Å². The summed E-state index contributed by atoms with van der Waals surface area (Å²) in [6.45, 7) is 2.03. The number of fused-ring (bicyclic) bond motifs is 1. The van der Waals surface area contributed by atoms with Crippen LogP contribution in [0.25, 0.3) is 11.1 Å². The van der Waals surface area contributed by atoms with Crippen molar-refractivity contribution in [3.05, 3.63) is 54.4 Å². The van der Waals surface area contributed by atoms with Gasteiger partial charge in [-0.1, -0.05) is 25.1 Å². The van der Waals surface area contributed by atoms with Gasteiger partial charge >= 0.3 is 6.01 Å². The summed E-state index contributed by atoms with van der Waals surface area (Å²) in [7, 11) is 0. The van der Waals surface area contributed by atoms with E-state index in [4.69, 9.17) is 4.42 Å². The highest BCUT2D eigenvalue weighted by Gasteiger charge is 2.05. The fourth-order valence-corrected chi connectivity index (χ4v) is 1.89. The molecule has 0 atom stereocenters. The van der Waals surface area contributed by atoms with E-state index in [1.165, 1.54) is 0 Å². The molecule has 0 fully saturated rings. The largest absolute Gasteiger partial charge is 0.422 e. The fourth-order valence-electron chi connectivity index (χ4n) is 1.89. The first-order chi connectivity index (χ1) is 9.86. The predicted octanol–water partition coefficient (Wildman–Crippen LogP) is 3.45. The molecule has 3 aromatic rings. The Hall–Kier alpha value is -2.69. The molecule has 20 heavy (non-hydrogen) atoms. The predicted molar refractivity (Wildman–Crippen MR) is 78.7 cm³/mol. The maximum Gasteiger partial charge on any atom is 0.316 e. The summed E-state index contributed by atoms with van der Waals surface area (Å²) >= 11 is 0. The number of nitrogens with zero attached hydrogens (tertiary/aromatic N) is 3. The summed E-state index contributed by atoms with van der Waals surface area (Å²) < 4.78 is 5.55. The summed E-state index contributed by atoms with van der Waals surface area (Å²) in [5.74, 6) is 0. The van der Waals surface area contributed by atoms with E-state index < -0.39 is 0 Å². The van der Waals surface area contributed by atoms with Gasteiger partial charge in [-0.3, -0.25) is 4.98 Å². The van der Waals surface area contributed by atoms with Crippen LogP contribution in [0.15, 0.2) is 58.2 Å². The van der Waals surface area contributed by atoms with Gasteiger partial charge in [-0.25, -0.2) is 5.43 Å². The van der Waals surface area contributed by atoms with Gasteiger partial charge in [0.05, 0.1) is 11.4 Å². The monoisotopic (exact) mass is 266 g/mol. The zero-order valence-corrected chi connectivity index (χ0v) is 11.1. The van der Waals surface area contributed by atoms with Gasteiger partial charge in [0.2, 0.25) is 0 Å². The second-order valence-electron chi connectivity index (χ2n) is 4.23. The van der Waals surface area contributed by atoms with Gasteiger partial charge in [0.1, 0.15) is 5.52 Å². The lowest BCUT2D eigenvalue weighted by Crippen LogP contribution is -2.05. The molecule has 0 amide bonds. The van der Waals surface area contributed by atoms with Crippen LogP contribution in [0.5, 0.6) is 0 Å². The quantitative estimate of drug-likeness (QED) is 0.580. The Balaban J connectivity index is 1.84. The van der Waals surface area contributed by atoms with E-state index >= 15 is 0 Å². The Morgan fingerprint density at radius 1 is 1.20 bits per heavy atom. The van der Waals surface area contributed by atoms with E-state index in [1.807, 2.05) is 49.4 Å². The van der Waals surface area contributed by atoms with Crippen LogP contribution in [0.1, 0.15) is 19.0 Å². The van der Waals surface area contributed by atoms with Gasteiger partial charge in [0.25, 0.3) is 0 Å². The summed E-state index contributed by atoms with van der Waals surface area (Å²) in [5.41, 5.74) is 6.10. The average molecular weight is 266 g/mol. The fraction of sp³-hybridized carbons (Fsp3) is 0.133. The molecule has 0 radical (unpaired) electrons. The molecule has 0 aliphatic heterocycles. The van der Waals surface area contributed by atoms with Crippen molar-refractivity contribution in [2.75, 3.05) is 5.43 Å². The van der Waals surface area contributed by atoms with Crippen LogP contribution in [0.2, 0.25) is 0 Å². The number of hydrogen-bond acceptors (Lipinski definition) is 5. The zero-order valence-electron chi connectivity index (χ0n) is 11.1. The van der Waals surface area contributed by atoms with Crippen molar-refractivity contribution in [3.63, 3.8) is 0 Å². The van der Waals surface area contributed by atoms with Gasteiger partial charge in [0.15, 0.2) is 5.58 Å². The van der Waals surface area contributed by atoms with Crippen molar-refractivity contribution in [1.29, 1.82) is 0 Å². The number of aromatic nitrogens is 2. The van der Waals surface area contributed by atoms with Crippen LogP contribution < -0.4 is 5.43 Å². The number of rotatable bonds is 4. The Morgan fingerprint density at radius 2 is 2.05 bits per heavy atom. The van der Waals surface area contributed by atoms with E-state index in [0.29, 0.717) is 6.01 Å². The maximum atomic E-state index is 5.55. The third kappa shape index (κ3) is 2.51. The molecule has 0 aliphatic rings. The van der Waals surface area contributed by atoms with E-state index in [0.717, 1.165) is 28.9 Å². The second-order valence-corrected chi connectivity index (χ2v) is 4.23. The molecule has 3 rings (SSSR count). The number of anilines is 1. The topological polar surface area (TPSA) is 63.3 Å². The molecule has 5 nitrogen and oxygen atoms in total. The Morgan fingerprint density at radius 3 is 2.80 bits per heavy atom. The van der Waals surface area contributed by atoms with Crippen molar-refractivity contribution in [3.8, 4) is 0 Å². The van der Waals surface area contributed by atoms with Gasteiger partial charge in [-0.05, 0) is 30.7 Å². The molecule has 0 saturated heterocycles. The molecule has 2 aromatic heterocycles.